The molecule has 9 heteroatoms. The second-order valence-corrected chi connectivity index (χ2v) is 5.73. The fraction of sp³-hybridized carbons (Fsp3) is 0.615. The lowest BCUT2D eigenvalue weighted by Crippen LogP contribution is -2.31. The molecule has 2 rings (SSSR count). The summed E-state index contributed by atoms with van der Waals surface area (Å²) in [5.41, 5.74) is 1.90. The van der Waals surface area contributed by atoms with Crippen molar-refractivity contribution in [2.24, 2.45) is 0 Å². The molecular formula is C13H20N4O4S. The minimum absolute atomic E-state index is 0.0346. The Bertz CT molecular complexity index is 546. The van der Waals surface area contributed by atoms with E-state index in [1.165, 1.54) is 7.11 Å². The summed E-state index contributed by atoms with van der Waals surface area (Å²) in [5.74, 6) is 1.73. The van der Waals surface area contributed by atoms with Crippen LogP contribution in [0.4, 0.5) is 5.82 Å². The maximum atomic E-state index is 11.9. The summed E-state index contributed by atoms with van der Waals surface area (Å²) >= 11 is 1.73. The van der Waals surface area contributed by atoms with Gasteiger partial charge in [0.25, 0.3) is 5.91 Å². The second-order valence-electron chi connectivity index (χ2n) is 4.75. The summed E-state index contributed by atoms with van der Waals surface area (Å²) in [4.78, 5) is 23.7. The van der Waals surface area contributed by atoms with E-state index >= 15 is 0 Å². The fourth-order valence-corrected chi connectivity index (χ4v) is 3.14. The third-order valence-electron chi connectivity index (χ3n) is 3.07. The van der Waals surface area contributed by atoms with Crippen molar-refractivity contribution in [3.8, 4) is 0 Å². The average molecular weight is 328 g/mol. The number of fused-ring (bicyclic) bond motifs is 1. The van der Waals surface area contributed by atoms with E-state index in [9.17, 15) is 9.59 Å². The van der Waals surface area contributed by atoms with E-state index in [4.69, 9.17) is 9.47 Å². The number of anilines is 1. The summed E-state index contributed by atoms with van der Waals surface area (Å²) in [6, 6.07) is 0. The highest BCUT2D eigenvalue weighted by Crippen LogP contribution is 2.34. The van der Waals surface area contributed by atoms with Crippen LogP contribution in [0.5, 0.6) is 0 Å². The summed E-state index contributed by atoms with van der Waals surface area (Å²) in [7, 11) is 3.03. The van der Waals surface area contributed by atoms with Crippen LogP contribution < -0.4 is 10.6 Å². The molecule has 1 aliphatic rings. The van der Waals surface area contributed by atoms with E-state index in [1.807, 2.05) is 0 Å². The van der Waals surface area contributed by atoms with Crippen LogP contribution in [0.2, 0.25) is 0 Å². The number of hydrogen-bond donors (Lipinski definition) is 2. The molecule has 0 fully saturated rings. The Hall–Kier alpha value is -1.58. The molecule has 22 heavy (non-hydrogen) atoms. The van der Waals surface area contributed by atoms with Crippen LogP contribution in [0.25, 0.3) is 0 Å². The van der Waals surface area contributed by atoms with Crippen molar-refractivity contribution in [3.05, 3.63) is 11.3 Å². The molecular weight excluding hydrogens is 308 g/mol. The van der Waals surface area contributed by atoms with Gasteiger partial charge in [0, 0.05) is 37.8 Å². The van der Waals surface area contributed by atoms with E-state index in [0.717, 1.165) is 22.8 Å². The van der Waals surface area contributed by atoms with Crippen molar-refractivity contribution >= 4 is 29.4 Å². The highest BCUT2D eigenvalue weighted by atomic mass is 32.2. The molecule has 0 spiro atoms. The van der Waals surface area contributed by atoms with E-state index in [1.54, 1.807) is 23.6 Å². The molecule has 8 nitrogen and oxygen atoms in total. The topological polar surface area (TPSA) is 94.5 Å². The van der Waals surface area contributed by atoms with Crippen molar-refractivity contribution in [1.82, 2.24) is 15.1 Å². The number of nitrogens with one attached hydrogen (secondary N) is 2. The largest absolute Gasteiger partial charge is 0.383 e. The number of carbonyl (C=O) groups is 2. The SMILES string of the molecule is COCCNC(=O)Cn1nc2c(c1NC(=O)COC)CSC2. The zero-order valence-corrected chi connectivity index (χ0v) is 13.5. The van der Waals surface area contributed by atoms with Gasteiger partial charge in [-0.25, -0.2) is 4.68 Å². The summed E-state index contributed by atoms with van der Waals surface area (Å²) < 4.78 is 11.2. The Kier molecular flexibility index (Phi) is 6.22. The summed E-state index contributed by atoms with van der Waals surface area (Å²) in [6.07, 6.45) is 0. The minimum atomic E-state index is -0.261. The number of thioether (sulfide) groups is 1. The number of rotatable bonds is 8. The first-order chi connectivity index (χ1) is 10.7. The van der Waals surface area contributed by atoms with E-state index < -0.39 is 0 Å². The molecule has 0 aliphatic carbocycles. The van der Waals surface area contributed by atoms with Crippen molar-refractivity contribution in [2.45, 2.75) is 18.1 Å². The molecule has 0 radical (unpaired) electrons. The molecule has 1 aromatic heterocycles. The normalized spacial score (nSPS) is 13.0. The second kappa shape index (κ2) is 8.16. The van der Waals surface area contributed by atoms with Crippen LogP contribution in [0.1, 0.15) is 11.3 Å². The lowest BCUT2D eigenvalue weighted by molar-refractivity contribution is -0.122. The Morgan fingerprint density at radius 3 is 2.82 bits per heavy atom. The first kappa shape index (κ1) is 16.8. The lowest BCUT2D eigenvalue weighted by atomic mass is 10.3. The van der Waals surface area contributed by atoms with Gasteiger partial charge in [-0.15, -0.1) is 0 Å². The quantitative estimate of drug-likeness (QED) is 0.651. The average Bonchev–Trinajstić information content (AvgIpc) is 3.03. The van der Waals surface area contributed by atoms with Gasteiger partial charge >= 0.3 is 0 Å². The molecule has 1 aromatic rings. The predicted molar refractivity (Wildman–Crippen MR) is 82.6 cm³/mol. The Morgan fingerprint density at radius 2 is 2.09 bits per heavy atom. The predicted octanol–water partition coefficient (Wildman–Crippen LogP) is -0.0226. The summed E-state index contributed by atoms with van der Waals surface area (Å²) in [5, 5.41) is 9.94. The van der Waals surface area contributed by atoms with Gasteiger partial charge in [0.15, 0.2) is 0 Å². The van der Waals surface area contributed by atoms with Crippen LogP contribution in [0, 0.1) is 0 Å². The number of carbonyl (C=O) groups excluding carboxylic acids is 2. The van der Waals surface area contributed by atoms with Crippen LogP contribution in [0.15, 0.2) is 0 Å². The number of nitrogens with zero attached hydrogens (tertiary/aromatic N) is 2. The van der Waals surface area contributed by atoms with Gasteiger partial charge < -0.3 is 20.1 Å². The van der Waals surface area contributed by atoms with Crippen molar-refractivity contribution in [1.29, 1.82) is 0 Å². The molecule has 122 valence electrons. The van der Waals surface area contributed by atoms with Gasteiger partial charge in [-0.3, -0.25) is 9.59 Å². The number of methoxy groups -OCH3 is 2. The molecule has 2 heterocycles. The highest BCUT2D eigenvalue weighted by molar-refractivity contribution is 7.98. The molecule has 0 bridgehead atoms. The van der Waals surface area contributed by atoms with Gasteiger partial charge in [-0.1, -0.05) is 0 Å². The standard InChI is InChI=1S/C13H20N4O4S/c1-20-4-3-14-11(18)5-17-13(15-12(19)6-21-2)9-7-22-8-10(9)16-17/h3-8H2,1-2H3,(H,14,18)(H,15,19). The van der Waals surface area contributed by atoms with Gasteiger partial charge in [0.1, 0.15) is 19.0 Å². The number of hydrogen-bond acceptors (Lipinski definition) is 6. The lowest BCUT2D eigenvalue weighted by Gasteiger charge is -2.11. The summed E-state index contributed by atoms with van der Waals surface area (Å²) in [6.45, 7) is 0.921. The fourth-order valence-electron chi connectivity index (χ4n) is 2.10. The highest BCUT2D eigenvalue weighted by Gasteiger charge is 2.24. The molecule has 0 atom stereocenters. The maximum Gasteiger partial charge on any atom is 0.251 e. The van der Waals surface area contributed by atoms with E-state index in [0.29, 0.717) is 19.0 Å². The van der Waals surface area contributed by atoms with Gasteiger partial charge in [0.2, 0.25) is 5.91 Å². The van der Waals surface area contributed by atoms with Gasteiger partial charge in [0.05, 0.1) is 12.3 Å². The first-order valence-corrected chi connectivity index (χ1v) is 8.02. The zero-order chi connectivity index (χ0) is 15.9. The van der Waals surface area contributed by atoms with Crippen molar-refractivity contribution < 1.29 is 19.1 Å². The van der Waals surface area contributed by atoms with Gasteiger partial charge in [-0.05, 0) is 0 Å². The number of ether oxygens (including phenoxy) is 2. The molecule has 0 aromatic carbocycles. The van der Waals surface area contributed by atoms with Crippen LogP contribution >= 0.6 is 11.8 Å². The molecule has 1 aliphatic heterocycles. The molecule has 2 amide bonds. The Labute approximate surface area is 132 Å². The van der Waals surface area contributed by atoms with E-state index in [2.05, 4.69) is 15.7 Å². The Balaban J connectivity index is 2.06. The first-order valence-electron chi connectivity index (χ1n) is 6.86. The van der Waals surface area contributed by atoms with Crippen molar-refractivity contribution in [3.63, 3.8) is 0 Å². The Morgan fingerprint density at radius 1 is 1.27 bits per heavy atom. The van der Waals surface area contributed by atoms with E-state index in [-0.39, 0.29) is 25.0 Å². The van der Waals surface area contributed by atoms with Crippen LogP contribution in [-0.4, -0.2) is 55.6 Å². The zero-order valence-electron chi connectivity index (χ0n) is 12.7. The smallest absolute Gasteiger partial charge is 0.251 e. The third kappa shape index (κ3) is 4.21. The number of aromatic nitrogens is 2. The minimum Gasteiger partial charge on any atom is -0.383 e. The van der Waals surface area contributed by atoms with Crippen LogP contribution in [0.3, 0.4) is 0 Å². The third-order valence-corrected chi connectivity index (χ3v) is 4.04. The molecule has 0 saturated heterocycles. The number of amides is 2. The van der Waals surface area contributed by atoms with Gasteiger partial charge in [-0.2, -0.15) is 16.9 Å². The maximum absolute atomic E-state index is 11.9. The van der Waals surface area contributed by atoms with Crippen molar-refractivity contribution in [2.75, 3.05) is 39.3 Å². The molecule has 2 N–H and O–H groups in total. The molecule has 0 saturated carbocycles. The van der Waals surface area contributed by atoms with Crippen LogP contribution in [-0.2, 0) is 37.1 Å². The monoisotopic (exact) mass is 328 g/mol. The molecule has 0 unspecified atom stereocenters.